The van der Waals surface area contributed by atoms with Crippen molar-refractivity contribution in [2.24, 2.45) is 0 Å². The summed E-state index contributed by atoms with van der Waals surface area (Å²) in [6.45, 7) is 0. The van der Waals surface area contributed by atoms with E-state index in [-0.39, 0.29) is 11.3 Å². The first kappa shape index (κ1) is 17.0. The molecule has 0 aliphatic carbocycles. The van der Waals surface area contributed by atoms with Crippen LogP contribution in [0.15, 0.2) is 60.4 Å². The second-order valence-corrected chi connectivity index (χ2v) is 4.56. The van der Waals surface area contributed by atoms with Gasteiger partial charge >= 0.3 is 6.18 Å². The van der Waals surface area contributed by atoms with Crippen LogP contribution in [0, 0.1) is 11.3 Å². The molecule has 122 valence electrons. The summed E-state index contributed by atoms with van der Waals surface area (Å²) in [4.78, 5) is 15.9. The third-order valence-electron chi connectivity index (χ3n) is 2.84. The van der Waals surface area contributed by atoms with Crippen LogP contribution in [0.1, 0.15) is 5.56 Å². The van der Waals surface area contributed by atoms with Gasteiger partial charge in [-0.3, -0.25) is 4.79 Å². The zero-order valence-electron chi connectivity index (χ0n) is 12.1. The maximum atomic E-state index is 12.6. The average molecular weight is 332 g/mol. The van der Waals surface area contributed by atoms with E-state index in [1.54, 1.807) is 24.3 Å². The fourth-order valence-corrected chi connectivity index (χ4v) is 1.71. The van der Waals surface area contributed by atoms with Crippen LogP contribution in [0.25, 0.3) is 0 Å². The lowest BCUT2D eigenvalue weighted by molar-refractivity contribution is -0.137. The summed E-state index contributed by atoms with van der Waals surface area (Å²) < 4.78 is 37.9. The standard InChI is InChI=1S/C16H11F3N4O/c17-16(18,19)12-4-3-5-13(8-12)23-15(24)11(9-20)10-22-14-6-1-2-7-21-14/h1-8,10H,(H,21,22)(H,23,24)/b11-10-. The number of alkyl halides is 3. The second kappa shape index (κ2) is 7.28. The van der Waals surface area contributed by atoms with Crippen molar-refractivity contribution >= 4 is 17.4 Å². The van der Waals surface area contributed by atoms with E-state index in [2.05, 4.69) is 15.6 Å². The Kier molecular flexibility index (Phi) is 5.16. The Labute approximate surface area is 135 Å². The van der Waals surface area contributed by atoms with Crippen LogP contribution in [0.3, 0.4) is 0 Å². The molecule has 0 aliphatic heterocycles. The van der Waals surface area contributed by atoms with Gasteiger partial charge < -0.3 is 10.6 Å². The van der Waals surface area contributed by atoms with Gasteiger partial charge in [0.2, 0.25) is 0 Å². The molecule has 1 aromatic heterocycles. The number of benzene rings is 1. The lowest BCUT2D eigenvalue weighted by Gasteiger charge is -2.09. The number of halogens is 3. The number of nitrogens with one attached hydrogen (secondary N) is 2. The summed E-state index contributed by atoms with van der Waals surface area (Å²) in [5.74, 6) is -0.419. The van der Waals surface area contributed by atoms with Gasteiger partial charge in [0.1, 0.15) is 17.5 Å². The number of hydrogen-bond acceptors (Lipinski definition) is 4. The second-order valence-electron chi connectivity index (χ2n) is 4.56. The van der Waals surface area contributed by atoms with E-state index < -0.39 is 17.6 Å². The smallest absolute Gasteiger partial charge is 0.345 e. The number of carbonyl (C=O) groups excluding carboxylic acids is 1. The molecular weight excluding hydrogens is 321 g/mol. The van der Waals surface area contributed by atoms with Crippen molar-refractivity contribution in [3.63, 3.8) is 0 Å². The first-order chi connectivity index (χ1) is 11.4. The summed E-state index contributed by atoms with van der Waals surface area (Å²) in [6.07, 6.45) is -1.87. The molecule has 0 aliphatic rings. The van der Waals surface area contributed by atoms with E-state index >= 15 is 0 Å². The highest BCUT2D eigenvalue weighted by molar-refractivity contribution is 6.06. The molecule has 24 heavy (non-hydrogen) atoms. The molecular formula is C16H11F3N4O. The molecule has 8 heteroatoms. The van der Waals surface area contributed by atoms with Gasteiger partial charge in [-0.15, -0.1) is 0 Å². The summed E-state index contributed by atoms with van der Waals surface area (Å²) in [5, 5.41) is 13.9. The quantitative estimate of drug-likeness (QED) is 0.663. The Morgan fingerprint density at radius 2 is 2.00 bits per heavy atom. The lowest BCUT2D eigenvalue weighted by Crippen LogP contribution is -2.15. The zero-order valence-corrected chi connectivity index (χ0v) is 12.1. The number of anilines is 2. The highest BCUT2D eigenvalue weighted by atomic mass is 19.4. The Bertz CT molecular complexity index is 795. The molecule has 0 saturated heterocycles. The number of aromatic nitrogens is 1. The molecule has 1 aromatic carbocycles. The van der Waals surface area contributed by atoms with Gasteiger partial charge in [-0.1, -0.05) is 12.1 Å². The van der Waals surface area contributed by atoms with Crippen molar-refractivity contribution in [2.45, 2.75) is 6.18 Å². The molecule has 2 rings (SSSR count). The van der Waals surface area contributed by atoms with Gasteiger partial charge in [-0.25, -0.2) is 4.98 Å². The normalized spacial score (nSPS) is 11.5. The van der Waals surface area contributed by atoms with Crippen LogP contribution in [-0.2, 0) is 11.0 Å². The van der Waals surface area contributed by atoms with Crippen LogP contribution in [0.2, 0.25) is 0 Å². The molecule has 0 unspecified atom stereocenters. The lowest BCUT2D eigenvalue weighted by atomic mass is 10.2. The molecule has 0 fully saturated rings. The van der Waals surface area contributed by atoms with Crippen molar-refractivity contribution in [3.05, 3.63) is 66.0 Å². The van der Waals surface area contributed by atoms with E-state index in [1.165, 1.54) is 18.3 Å². The van der Waals surface area contributed by atoms with Gasteiger partial charge in [0, 0.05) is 18.1 Å². The van der Waals surface area contributed by atoms with Gasteiger partial charge in [0.15, 0.2) is 0 Å². The predicted octanol–water partition coefficient (Wildman–Crippen LogP) is 3.56. The Balaban J connectivity index is 2.11. The molecule has 2 aromatic rings. The maximum Gasteiger partial charge on any atom is 0.416 e. The van der Waals surface area contributed by atoms with Gasteiger partial charge in [-0.2, -0.15) is 18.4 Å². The summed E-state index contributed by atoms with van der Waals surface area (Å²) in [7, 11) is 0. The molecule has 0 saturated carbocycles. The van der Waals surface area contributed by atoms with E-state index in [1.807, 2.05) is 0 Å². The van der Waals surface area contributed by atoms with Gasteiger partial charge in [0.05, 0.1) is 5.56 Å². The van der Waals surface area contributed by atoms with Gasteiger partial charge in [0.25, 0.3) is 5.91 Å². The highest BCUT2D eigenvalue weighted by Crippen LogP contribution is 2.30. The van der Waals surface area contributed by atoms with Crippen LogP contribution in [0.5, 0.6) is 0 Å². The summed E-state index contributed by atoms with van der Waals surface area (Å²) in [6, 6.07) is 10.8. The molecule has 1 amide bonds. The Morgan fingerprint density at radius 3 is 2.62 bits per heavy atom. The first-order valence-electron chi connectivity index (χ1n) is 6.66. The minimum absolute atomic E-state index is 0.0613. The highest BCUT2D eigenvalue weighted by Gasteiger charge is 2.30. The minimum Gasteiger partial charge on any atom is -0.345 e. The van der Waals surface area contributed by atoms with Crippen LogP contribution >= 0.6 is 0 Å². The summed E-state index contributed by atoms with van der Waals surface area (Å²) >= 11 is 0. The third-order valence-corrected chi connectivity index (χ3v) is 2.84. The SMILES string of the molecule is N#C/C(=C/Nc1ccccn1)C(=O)Nc1cccc(C(F)(F)F)c1. The van der Waals surface area contributed by atoms with Crippen molar-refractivity contribution in [3.8, 4) is 6.07 Å². The number of amides is 1. The minimum atomic E-state index is -4.52. The topological polar surface area (TPSA) is 77.8 Å². The van der Waals surface area contributed by atoms with Gasteiger partial charge in [-0.05, 0) is 30.3 Å². The van der Waals surface area contributed by atoms with Crippen molar-refractivity contribution in [2.75, 3.05) is 10.6 Å². The summed E-state index contributed by atoms with van der Waals surface area (Å²) in [5.41, 5.74) is -1.26. The molecule has 1 heterocycles. The number of hydrogen-bond donors (Lipinski definition) is 2. The molecule has 2 N–H and O–H groups in total. The maximum absolute atomic E-state index is 12.6. The van der Waals surface area contributed by atoms with Crippen molar-refractivity contribution < 1.29 is 18.0 Å². The average Bonchev–Trinajstić information content (AvgIpc) is 2.56. The molecule has 0 radical (unpaired) electrons. The number of pyridine rings is 1. The Hall–Kier alpha value is -3.34. The third kappa shape index (κ3) is 4.58. The van der Waals surface area contributed by atoms with Crippen LogP contribution in [-0.4, -0.2) is 10.9 Å². The Morgan fingerprint density at radius 1 is 1.21 bits per heavy atom. The first-order valence-corrected chi connectivity index (χ1v) is 6.66. The number of nitriles is 1. The number of carbonyl (C=O) groups is 1. The molecule has 0 bridgehead atoms. The molecule has 5 nitrogen and oxygen atoms in total. The molecule has 0 spiro atoms. The fourth-order valence-electron chi connectivity index (χ4n) is 1.71. The van der Waals surface area contributed by atoms with E-state index in [9.17, 15) is 18.0 Å². The zero-order chi connectivity index (χ0) is 17.6. The number of rotatable bonds is 4. The van der Waals surface area contributed by atoms with E-state index in [0.717, 1.165) is 18.3 Å². The molecule has 0 atom stereocenters. The van der Waals surface area contributed by atoms with Crippen molar-refractivity contribution in [1.29, 1.82) is 5.26 Å². The van der Waals surface area contributed by atoms with Crippen LogP contribution < -0.4 is 10.6 Å². The fraction of sp³-hybridized carbons (Fsp3) is 0.0625. The van der Waals surface area contributed by atoms with E-state index in [4.69, 9.17) is 5.26 Å². The van der Waals surface area contributed by atoms with E-state index in [0.29, 0.717) is 5.82 Å². The van der Waals surface area contributed by atoms with Crippen molar-refractivity contribution in [1.82, 2.24) is 4.98 Å². The predicted molar refractivity (Wildman–Crippen MR) is 81.6 cm³/mol. The van der Waals surface area contributed by atoms with Crippen LogP contribution in [0.4, 0.5) is 24.7 Å². The number of nitrogens with zero attached hydrogens (tertiary/aromatic N) is 2. The monoisotopic (exact) mass is 332 g/mol. The largest absolute Gasteiger partial charge is 0.416 e.